The van der Waals surface area contributed by atoms with E-state index in [4.69, 9.17) is 4.55 Å². The Labute approximate surface area is 156 Å². The highest BCUT2D eigenvalue weighted by Crippen LogP contribution is 2.14. The zero-order chi connectivity index (χ0) is 18.9. The molecule has 1 fully saturated rings. The summed E-state index contributed by atoms with van der Waals surface area (Å²) in [6, 6.07) is 6.61. The average Bonchev–Trinajstić information content (AvgIpc) is 2.61. The van der Waals surface area contributed by atoms with E-state index in [1.165, 1.54) is 0 Å². The van der Waals surface area contributed by atoms with Crippen molar-refractivity contribution in [3.05, 3.63) is 29.8 Å². The maximum Gasteiger partial charge on any atom is 0.319 e. The van der Waals surface area contributed by atoms with Crippen LogP contribution >= 0.6 is 0 Å². The topological polar surface area (TPSA) is 98.7 Å². The summed E-state index contributed by atoms with van der Waals surface area (Å²) in [5.74, 6) is 0.279. The molecule has 3 N–H and O–H groups in total. The van der Waals surface area contributed by atoms with Gasteiger partial charge in [-0.3, -0.25) is 4.79 Å². The third-order valence-electron chi connectivity index (χ3n) is 4.43. The summed E-state index contributed by atoms with van der Waals surface area (Å²) in [5.41, 5.74) is 1.36. The largest absolute Gasteiger partial charge is 0.343 e. The SMILES string of the molecule is CCCCC(=O)N1CCC(NC(=O)Nc2ccc(CS(=O)O)cc2)CC1. The number of carbonyl (C=O) groups is 2. The minimum Gasteiger partial charge on any atom is -0.343 e. The summed E-state index contributed by atoms with van der Waals surface area (Å²) in [7, 11) is 0. The minimum atomic E-state index is -1.88. The van der Waals surface area contributed by atoms with Crippen molar-refractivity contribution < 1.29 is 18.4 Å². The number of piperidine rings is 1. The molecule has 0 bridgehead atoms. The second kappa shape index (κ2) is 10.3. The van der Waals surface area contributed by atoms with Crippen LogP contribution in [0.4, 0.5) is 10.5 Å². The standard InChI is InChI=1S/C18H27N3O4S/c1-2-3-4-17(22)21-11-9-16(10-12-21)20-18(23)19-15-7-5-14(6-8-15)13-26(24)25/h5-8,16H,2-4,9-13H2,1H3,(H,24,25)(H2,19,20,23). The summed E-state index contributed by atoms with van der Waals surface area (Å²) in [4.78, 5) is 26.0. The summed E-state index contributed by atoms with van der Waals surface area (Å²) < 4.78 is 19.6. The number of urea groups is 1. The molecule has 1 unspecified atom stereocenters. The van der Waals surface area contributed by atoms with Crippen molar-refractivity contribution >= 4 is 28.7 Å². The Balaban J connectivity index is 1.73. The molecule has 144 valence electrons. The van der Waals surface area contributed by atoms with Gasteiger partial charge in [0.1, 0.15) is 0 Å². The number of unbranched alkanes of at least 4 members (excludes halogenated alkanes) is 1. The molecule has 1 aliphatic heterocycles. The van der Waals surface area contributed by atoms with Crippen molar-refractivity contribution in [3.8, 4) is 0 Å². The molecule has 26 heavy (non-hydrogen) atoms. The van der Waals surface area contributed by atoms with Crippen LogP contribution in [-0.4, -0.2) is 44.7 Å². The fraction of sp³-hybridized carbons (Fsp3) is 0.556. The molecule has 0 spiro atoms. The Morgan fingerprint density at radius 3 is 2.46 bits per heavy atom. The molecule has 1 saturated heterocycles. The van der Waals surface area contributed by atoms with Gasteiger partial charge in [0.15, 0.2) is 11.1 Å². The van der Waals surface area contributed by atoms with Crippen LogP contribution in [0.25, 0.3) is 0 Å². The van der Waals surface area contributed by atoms with Gasteiger partial charge in [-0.15, -0.1) is 0 Å². The van der Waals surface area contributed by atoms with Gasteiger partial charge in [0.2, 0.25) is 5.91 Å². The highest BCUT2D eigenvalue weighted by molar-refractivity contribution is 7.78. The first kappa shape index (κ1) is 20.4. The summed E-state index contributed by atoms with van der Waals surface area (Å²) in [5, 5.41) is 5.70. The number of anilines is 1. The summed E-state index contributed by atoms with van der Waals surface area (Å²) in [6.45, 7) is 3.43. The van der Waals surface area contributed by atoms with Crippen molar-refractivity contribution in [1.82, 2.24) is 10.2 Å². The number of hydrogen-bond acceptors (Lipinski definition) is 3. The first-order valence-electron chi connectivity index (χ1n) is 8.99. The number of carbonyl (C=O) groups excluding carboxylic acids is 2. The molecule has 1 aliphatic rings. The third-order valence-corrected chi connectivity index (χ3v) is 5.01. The normalized spacial score (nSPS) is 16.2. The van der Waals surface area contributed by atoms with E-state index < -0.39 is 11.1 Å². The molecule has 8 heteroatoms. The maximum absolute atomic E-state index is 12.1. The number of rotatable bonds is 7. The van der Waals surface area contributed by atoms with Crippen molar-refractivity contribution in [2.45, 2.75) is 50.8 Å². The Morgan fingerprint density at radius 2 is 1.88 bits per heavy atom. The van der Waals surface area contributed by atoms with Crippen LogP contribution in [0.2, 0.25) is 0 Å². The van der Waals surface area contributed by atoms with Gasteiger partial charge in [-0.25, -0.2) is 9.00 Å². The van der Waals surface area contributed by atoms with Crippen molar-refractivity contribution in [2.75, 3.05) is 18.4 Å². The van der Waals surface area contributed by atoms with E-state index in [9.17, 15) is 13.8 Å². The third kappa shape index (κ3) is 6.76. The van der Waals surface area contributed by atoms with Gasteiger partial charge in [-0.2, -0.15) is 0 Å². The predicted octanol–water partition coefficient (Wildman–Crippen LogP) is 2.71. The van der Waals surface area contributed by atoms with Crippen molar-refractivity contribution in [2.24, 2.45) is 0 Å². The van der Waals surface area contributed by atoms with Gasteiger partial charge in [0.05, 0.1) is 5.75 Å². The summed E-state index contributed by atoms with van der Waals surface area (Å²) in [6.07, 6.45) is 4.06. The molecular weight excluding hydrogens is 354 g/mol. The highest BCUT2D eigenvalue weighted by Gasteiger charge is 2.23. The summed E-state index contributed by atoms with van der Waals surface area (Å²) >= 11 is -1.88. The number of hydrogen-bond donors (Lipinski definition) is 3. The van der Waals surface area contributed by atoms with Crippen molar-refractivity contribution in [3.63, 3.8) is 0 Å². The van der Waals surface area contributed by atoms with Crippen LogP contribution in [0.1, 0.15) is 44.6 Å². The number of nitrogens with zero attached hydrogens (tertiary/aromatic N) is 1. The molecular formula is C18H27N3O4S. The minimum absolute atomic E-state index is 0.0568. The first-order chi connectivity index (χ1) is 12.5. The maximum atomic E-state index is 12.1. The lowest BCUT2D eigenvalue weighted by atomic mass is 10.0. The average molecular weight is 381 g/mol. The number of benzene rings is 1. The smallest absolute Gasteiger partial charge is 0.319 e. The van der Waals surface area contributed by atoms with E-state index in [0.29, 0.717) is 25.2 Å². The first-order valence-corrected chi connectivity index (χ1v) is 10.3. The predicted molar refractivity (Wildman–Crippen MR) is 102 cm³/mol. The van der Waals surface area contributed by atoms with E-state index in [-0.39, 0.29) is 23.7 Å². The zero-order valence-electron chi connectivity index (χ0n) is 15.1. The van der Waals surface area contributed by atoms with Gasteiger partial charge in [-0.05, 0) is 37.0 Å². The van der Waals surface area contributed by atoms with Crippen LogP contribution in [-0.2, 0) is 21.6 Å². The Bertz CT molecular complexity index is 628. The second-order valence-electron chi connectivity index (χ2n) is 6.52. The van der Waals surface area contributed by atoms with Crippen LogP contribution in [0.15, 0.2) is 24.3 Å². The number of likely N-dealkylation sites (tertiary alicyclic amines) is 1. The fourth-order valence-corrected chi connectivity index (χ4v) is 3.42. The zero-order valence-corrected chi connectivity index (χ0v) is 15.9. The number of nitrogens with one attached hydrogen (secondary N) is 2. The Hall–Kier alpha value is -1.93. The number of amides is 3. The monoisotopic (exact) mass is 381 g/mol. The van der Waals surface area contributed by atoms with Crippen LogP contribution < -0.4 is 10.6 Å². The lowest BCUT2D eigenvalue weighted by Crippen LogP contribution is -2.47. The molecule has 2 rings (SSSR count). The van der Waals surface area contributed by atoms with Gasteiger partial charge in [-0.1, -0.05) is 25.5 Å². The van der Waals surface area contributed by atoms with E-state index in [2.05, 4.69) is 17.6 Å². The molecule has 1 aromatic carbocycles. The van der Waals surface area contributed by atoms with Gasteiger partial charge >= 0.3 is 6.03 Å². The molecule has 3 amide bonds. The fourth-order valence-electron chi connectivity index (χ4n) is 2.94. The van der Waals surface area contributed by atoms with Crippen LogP contribution in [0.5, 0.6) is 0 Å². The van der Waals surface area contributed by atoms with Gasteiger partial charge in [0.25, 0.3) is 0 Å². The lowest BCUT2D eigenvalue weighted by molar-refractivity contribution is -0.132. The highest BCUT2D eigenvalue weighted by atomic mass is 32.2. The molecule has 1 aromatic rings. The molecule has 0 radical (unpaired) electrons. The van der Waals surface area contributed by atoms with Crippen LogP contribution in [0.3, 0.4) is 0 Å². The molecule has 0 aromatic heterocycles. The Morgan fingerprint density at radius 1 is 1.23 bits per heavy atom. The second-order valence-corrected chi connectivity index (χ2v) is 7.45. The van der Waals surface area contributed by atoms with E-state index in [0.717, 1.165) is 31.2 Å². The van der Waals surface area contributed by atoms with E-state index in [1.807, 2.05) is 4.90 Å². The van der Waals surface area contributed by atoms with Crippen molar-refractivity contribution in [1.29, 1.82) is 0 Å². The van der Waals surface area contributed by atoms with Gasteiger partial charge < -0.3 is 20.1 Å². The Kier molecular flexibility index (Phi) is 8.06. The molecule has 0 saturated carbocycles. The van der Waals surface area contributed by atoms with Crippen LogP contribution in [0, 0.1) is 0 Å². The van der Waals surface area contributed by atoms with E-state index >= 15 is 0 Å². The molecule has 1 heterocycles. The van der Waals surface area contributed by atoms with E-state index in [1.54, 1.807) is 24.3 Å². The lowest BCUT2D eigenvalue weighted by Gasteiger charge is -2.32. The van der Waals surface area contributed by atoms with Gasteiger partial charge in [0, 0.05) is 31.2 Å². The molecule has 1 atom stereocenters. The quantitative estimate of drug-likeness (QED) is 0.633. The molecule has 0 aliphatic carbocycles. The molecule has 7 nitrogen and oxygen atoms in total.